The molecule has 0 radical (unpaired) electrons. The van der Waals surface area contributed by atoms with Crippen molar-refractivity contribution in [3.8, 4) is 0 Å². The standard InChI is InChI=1S/C15H20F3NO/c16-15(17,18)13-5-3-4-12(10-13)11-19(8-9-20)14-6-1-2-7-14/h3-5,10,14,20H,1-2,6-9,11H2. The highest BCUT2D eigenvalue weighted by atomic mass is 19.4. The lowest BCUT2D eigenvalue weighted by Gasteiger charge is -2.28. The summed E-state index contributed by atoms with van der Waals surface area (Å²) in [5.74, 6) is 0. The number of nitrogens with zero attached hydrogens (tertiary/aromatic N) is 1. The van der Waals surface area contributed by atoms with Gasteiger partial charge in [0.2, 0.25) is 0 Å². The van der Waals surface area contributed by atoms with Crippen molar-refractivity contribution in [2.45, 2.75) is 44.4 Å². The fourth-order valence-electron chi connectivity index (χ4n) is 2.87. The van der Waals surface area contributed by atoms with Crippen LogP contribution >= 0.6 is 0 Å². The molecule has 0 heterocycles. The molecule has 0 atom stereocenters. The van der Waals surface area contributed by atoms with E-state index >= 15 is 0 Å². The summed E-state index contributed by atoms with van der Waals surface area (Å²) in [4.78, 5) is 2.10. The van der Waals surface area contributed by atoms with Crippen LogP contribution in [0.2, 0.25) is 0 Å². The summed E-state index contributed by atoms with van der Waals surface area (Å²) in [5.41, 5.74) is 0.0468. The van der Waals surface area contributed by atoms with Gasteiger partial charge in [-0.25, -0.2) is 0 Å². The van der Waals surface area contributed by atoms with E-state index in [1.807, 2.05) is 0 Å². The van der Waals surface area contributed by atoms with E-state index in [0.29, 0.717) is 24.7 Å². The summed E-state index contributed by atoms with van der Waals surface area (Å²) in [6.45, 7) is 1.02. The fourth-order valence-corrected chi connectivity index (χ4v) is 2.87. The van der Waals surface area contributed by atoms with E-state index in [0.717, 1.165) is 31.7 Å². The maximum absolute atomic E-state index is 12.7. The van der Waals surface area contributed by atoms with Crippen LogP contribution in [0.15, 0.2) is 24.3 Å². The topological polar surface area (TPSA) is 23.5 Å². The lowest BCUT2D eigenvalue weighted by molar-refractivity contribution is -0.137. The largest absolute Gasteiger partial charge is 0.416 e. The van der Waals surface area contributed by atoms with Crippen molar-refractivity contribution in [3.63, 3.8) is 0 Å². The molecule has 2 rings (SSSR count). The molecule has 20 heavy (non-hydrogen) atoms. The highest BCUT2D eigenvalue weighted by Gasteiger charge is 2.30. The quantitative estimate of drug-likeness (QED) is 0.896. The molecule has 1 aliphatic rings. The average Bonchev–Trinajstić information content (AvgIpc) is 2.91. The number of rotatable bonds is 5. The number of halogens is 3. The van der Waals surface area contributed by atoms with Gasteiger partial charge in [-0.05, 0) is 24.5 Å². The molecule has 112 valence electrons. The lowest BCUT2D eigenvalue weighted by Crippen LogP contribution is -2.35. The SMILES string of the molecule is OCCN(Cc1cccc(C(F)(F)F)c1)C1CCCC1. The number of hydrogen-bond acceptors (Lipinski definition) is 2. The van der Waals surface area contributed by atoms with Crippen molar-refractivity contribution in [2.24, 2.45) is 0 Å². The van der Waals surface area contributed by atoms with Gasteiger partial charge in [0, 0.05) is 19.1 Å². The molecule has 1 aliphatic carbocycles. The summed E-state index contributed by atoms with van der Waals surface area (Å²) < 4.78 is 38.1. The van der Waals surface area contributed by atoms with Gasteiger partial charge in [0.1, 0.15) is 0 Å². The van der Waals surface area contributed by atoms with Crippen LogP contribution in [0.5, 0.6) is 0 Å². The van der Waals surface area contributed by atoms with Crippen LogP contribution in [0.1, 0.15) is 36.8 Å². The molecule has 1 aromatic carbocycles. The van der Waals surface area contributed by atoms with Gasteiger partial charge in [-0.3, -0.25) is 4.90 Å². The van der Waals surface area contributed by atoms with Crippen LogP contribution in [0.3, 0.4) is 0 Å². The summed E-state index contributed by atoms with van der Waals surface area (Å²) in [6.07, 6.45) is 0.160. The lowest BCUT2D eigenvalue weighted by atomic mass is 10.1. The van der Waals surface area contributed by atoms with Gasteiger partial charge in [0.25, 0.3) is 0 Å². The normalized spacial score (nSPS) is 17.1. The predicted octanol–water partition coefficient (Wildman–Crippen LogP) is 3.44. The second-order valence-corrected chi connectivity index (χ2v) is 5.33. The molecular weight excluding hydrogens is 267 g/mol. The predicted molar refractivity (Wildman–Crippen MR) is 71.2 cm³/mol. The summed E-state index contributed by atoms with van der Waals surface area (Å²) >= 11 is 0. The summed E-state index contributed by atoms with van der Waals surface area (Å²) in [6, 6.07) is 5.85. The van der Waals surface area contributed by atoms with Crippen molar-refractivity contribution < 1.29 is 18.3 Å². The van der Waals surface area contributed by atoms with Crippen LogP contribution in [0.25, 0.3) is 0 Å². The number of aliphatic hydroxyl groups is 1. The van der Waals surface area contributed by atoms with Gasteiger partial charge in [0.05, 0.1) is 12.2 Å². The molecular formula is C15H20F3NO. The van der Waals surface area contributed by atoms with Crippen molar-refractivity contribution in [2.75, 3.05) is 13.2 Å². The minimum atomic E-state index is -4.30. The van der Waals surface area contributed by atoms with Crippen LogP contribution < -0.4 is 0 Å². The maximum Gasteiger partial charge on any atom is 0.416 e. The summed E-state index contributed by atoms with van der Waals surface area (Å²) in [5, 5.41) is 9.14. The second kappa shape index (κ2) is 6.59. The molecule has 1 aromatic rings. The van der Waals surface area contributed by atoms with E-state index < -0.39 is 11.7 Å². The zero-order chi connectivity index (χ0) is 14.6. The van der Waals surface area contributed by atoms with Crippen LogP contribution in [0.4, 0.5) is 13.2 Å². The first-order valence-electron chi connectivity index (χ1n) is 7.02. The molecule has 1 fully saturated rings. The molecule has 1 N–H and O–H groups in total. The van der Waals surface area contributed by atoms with Crippen LogP contribution in [0, 0.1) is 0 Å². The van der Waals surface area contributed by atoms with E-state index in [1.165, 1.54) is 12.1 Å². The van der Waals surface area contributed by atoms with E-state index in [2.05, 4.69) is 4.90 Å². The minimum absolute atomic E-state index is 0.0372. The van der Waals surface area contributed by atoms with Crippen molar-refractivity contribution in [3.05, 3.63) is 35.4 Å². The Morgan fingerprint density at radius 3 is 2.50 bits per heavy atom. The van der Waals surface area contributed by atoms with E-state index in [4.69, 9.17) is 5.11 Å². The Balaban J connectivity index is 2.09. The van der Waals surface area contributed by atoms with Crippen LogP contribution in [-0.2, 0) is 12.7 Å². The first kappa shape index (κ1) is 15.3. The Labute approximate surface area is 117 Å². The molecule has 0 aromatic heterocycles. The number of alkyl halides is 3. The Hall–Kier alpha value is -1.07. The van der Waals surface area contributed by atoms with Gasteiger partial charge >= 0.3 is 6.18 Å². The molecule has 5 heteroatoms. The van der Waals surface area contributed by atoms with Gasteiger partial charge in [0.15, 0.2) is 0 Å². The van der Waals surface area contributed by atoms with E-state index in [9.17, 15) is 13.2 Å². The number of hydrogen-bond donors (Lipinski definition) is 1. The first-order valence-corrected chi connectivity index (χ1v) is 7.02. The second-order valence-electron chi connectivity index (χ2n) is 5.33. The molecule has 0 bridgehead atoms. The third-order valence-electron chi connectivity index (χ3n) is 3.87. The van der Waals surface area contributed by atoms with E-state index in [1.54, 1.807) is 6.07 Å². The smallest absolute Gasteiger partial charge is 0.395 e. The molecule has 0 saturated heterocycles. The van der Waals surface area contributed by atoms with Crippen LogP contribution in [-0.4, -0.2) is 29.2 Å². The Morgan fingerprint density at radius 1 is 1.20 bits per heavy atom. The molecule has 1 saturated carbocycles. The van der Waals surface area contributed by atoms with Gasteiger partial charge in [-0.1, -0.05) is 31.0 Å². The zero-order valence-corrected chi connectivity index (χ0v) is 11.4. The Bertz CT molecular complexity index is 427. The minimum Gasteiger partial charge on any atom is -0.395 e. The average molecular weight is 287 g/mol. The maximum atomic E-state index is 12.7. The molecule has 2 nitrogen and oxygen atoms in total. The summed E-state index contributed by atoms with van der Waals surface area (Å²) in [7, 11) is 0. The monoisotopic (exact) mass is 287 g/mol. The fraction of sp³-hybridized carbons (Fsp3) is 0.600. The molecule has 0 unspecified atom stereocenters. The zero-order valence-electron chi connectivity index (χ0n) is 11.4. The highest BCUT2D eigenvalue weighted by Crippen LogP contribution is 2.30. The number of benzene rings is 1. The van der Waals surface area contributed by atoms with Gasteiger partial charge in [-0.2, -0.15) is 13.2 Å². The van der Waals surface area contributed by atoms with E-state index in [-0.39, 0.29) is 6.61 Å². The number of aliphatic hydroxyl groups excluding tert-OH is 1. The Morgan fingerprint density at radius 2 is 1.90 bits per heavy atom. The molecule has 0 spiro atoms. The van der Waals surface area contributed by atoms with Gasteiger partial charge in [-0.15, -0.1) is 0 Å². The van der Waals surface area contributed by atoms with Crippen molar-refractivity contribution in [1.82, 2.24) is 4.90 Å². The van der Waals surface area contributed by atoms with Crippen molar-refractivity contribution >= 4 is 0 Å². The first-order chi connectivity index (χ1) is 9.50. The highest BCUT2D eigenvalue weighted by molar-refractivity contribution is 5.25. The van der Waals surface area contributed by atoms with Gasteiger partial charge < -0.3 is 5.11 Å². The molecule has 0 aliphatic heterocycles. The third kappa shape index (κ3) is 3.96. The molecule has 0 amide bonds. The Kier molecular flexibility index (Phi) is 5.05. The third-order valence-corrected chi connectivity index (χ3v) is 3.87. The van der Waals surface area contributed by atoms with Crippen molar-refractivity contribution in [1.29, 1.82) is 0 Å².